The van der Waals surface area contributed by atoms with Gasteiger partial charge in [0.05, 0.1) is 33.4 Å². The molecular weight excluding hydrogens is 1200 g/mol. The molecule has 2 aliphatic heterocycles. The summed E-state index contributed by atoms with van der Waals surface area (Å²) in [4.78, 5) is 5.46. The van der Waals surface area contributed by atoms with Gasteiger partial charge in [-0.15, -0.1) is 0 Å². The molecule has 0 atom stereocenters. The van der Waals surface area contributed by atoms with Crippen LogP contribution in [0.1, 0.15) is 26.3 Å². The molecule has 2 aromatic heterocycles. The molecule has 17 aromatic rings. The Kier molecular flexibility index (Phi) is 13.6. The maximum absolute atomic E-state index is 2.73. The van der Waals surface area contributed by atoms with Crippen LogP contribution in [0.15, 0.2) is 352 Å². The molecule has 0 bridgehead atoms. The van der Waals surface area contributed by atoms with Crippen LogP contribution in [0.3, 0.4) is 0 Å². The molecule has 0 radical (unpaired) electrons. The molecule has 99 heavy (non-hydrogen) atoms. The highest BCUT2D eigenvalue weighted by molar-refractivity contribution is 7.02. The van der Waals surface area contributed by atoms with E-state index in [1.807, 2.05) is 0 Å². The van der Waals surface area contributed by atoms with Crippen LogP contribution in [0.5, 0.6) is 0 Å². The number of para-hydroxylation sites is 6. The second kappa shape index (κ2) is 23.2. The Morgan fingerprint density at radius 1 is 0.232 bits per heavy atom. The molecular formula is C94H67BN4. The van der Waals surface area contributed by atoms with Crippen LogP contribution in [-0.2, 0) is 5.41 Å². The molecule has 466 valence electrons. The largest absolute Gasteiger partial charge is 0.310 e. The van der Waals surface area contributed by atoms with Gasteiger partial charge >= 0.3 is 0 Å². The van der Waals surface area contributed by atoms with Crippen LogP contribution in [0.4, 0.5) is 34.1 Å². The minimum atomic E-state index is -0.362. The lowest BCUT2D eigenvalue weighted by Crippen LogP contribution is -2.62. The third-order valence-corrected chi connectivity index (χ3v) is 20.8. The van der Waals surface area contributed by atoms with E-state index in [4.69, 9.17) is 0 Å². The molecule has 0 N–H and O–H groups in total. The zero-order valence-electron chi connectivity index (χ0n) is 55.4. The minimum absolute atomic E-state index is 0.346. The Labute approximate surface area is 577 Å². The van der Waals surface area contributed by atoms with Gasteiger partial charge in [-0.1, -0.05) is 312 Å². The van der Waals surface area contributed by atoms with Gasteiger partial charge in [0.2, 0.25) is 0 Å². The zero-order chi connectivity index (χ0) is 65.9. The third-order valence-electron chi connectivity index (χ3n) is 20.8. The third kappa shape index (κ3) is 9.29. The van der Waals surface area contributed by atoms with Crippen LogP contribution in [0.2, 0.25) is 0 Å². The van der Waals surface area contributed by atoms with E-state index in [1.54, 1.807) is 0 Å². The standard InChI is InChI=1S/C94H67BN4/c1-94(2,3)68-56-85-91-86(57-68)99(93-73(64-36-14-6-15-37-64)50-31-51-74(93)65-38-16-7-17-39-65)88-61-70(97-83-54-28-24-46-77(83)78-47-25-29-55-84(78)97)59-80(67-42-20-9-21-43-67)90(88)95(91)89-79(66-40-18-8-19-41-66)58-69(96-81-52-26-22-44-75(81)76-45-23-27-53-82(76)96)60-87(89)98(85)92-71(62-32-10-4-11-33-62)48-30-49-72(92)63-34-12-5-13-35-63/h4-61H,1-3H3. The van der Waals surface area contributed by atoms with Crippen molar-refractivity contribution in [2.45, 2.75) is 26.2 Å². The first kappa shape index (κ1) is 58.0. The summed E-state index contributed by atoms with van der Waals surface area (Å²) in [6, 6.07) is 132. The highest BCUT2D eigenvalue weighted by Crippen LogP contribution is 2.56. The molecule has 4 heterocycles. The first-order chi connectivity index (χ1) is 48.8. The zero-order valence-corrected chi connectivity index (χ0v) is 55.4. The quantitative estimate of drug-likeness (QED) is 0.127. The first-order valence-corrected chi connectivity index (χ1v) is 34.5. The van der Waals surface area contributed by atoms with Gasteiger partial charge in [-0.25, -0.2) is 0 Å². The van der Waals surface area contributed by atoms with E-state index in [-0.39, 0.29) is 12.1 Å². The van der Waals surface area contributed by atoms with E-state index in [2.05, 4.69) is 392 Å². The average molecular weight is 1260 g/mol. The fourth-order valence-electron chi connectivity index (χ4n) is 16.5. The van der Waals surface area contributed by atoms with Crippen molar-refractivity contribution in [2.75, 3.05) is 9.80 Å². The molecule has 0 unspecified atom stereocenters. The second-order valence-corrected chi connectivity index (χ2v) is 27.5. The van der Waals surface area contributed by atoms with Gasteiger partial charge in [0.15, 0.2) is 0 Å². The summed E-state index contributed by atoms with van der Waals surface area (Å²) < 4.78 is 5.05. The minimum Gasteiger partial charge on any atom is -0.310 e. The maximum Gasteiger partial charge on any atom is 0.253 e. The number of benzene rings is 15. The topological polar surface area (TPSA) is 16.3 Å². The molecule has 19 rings (SSSR count). The lowest BCUT2D eigenvalue weighted by atomic mass is 9.31. The molecule has 0 amide bonds. The smallest absolute Gasteiger partial charge is 0.253 e. The lowest BCUT2D eigenvalue weighted by molar-refractivity contribution is 0.590. The number of hydrogen-bond donors (Lipinski definition) is 0. The number of anilines is 6. The van der Waals surface area contributed by atoms with Crippen LogP contribution >= 0.6 is 0 Å². The highest BCUT2D eigenvalue weighted by Gasteiger charge is 2.48. The van der Waals surface area contributed by atoms with Crippen molar-refractivity contribution in [1.29, 1.82) is 0 Å². The van der Waals surface area contributed by atoms with Gasteiger partial charge in [-0.05, 0) is 133 Å². The summed E-state index contributed by atoms with van der Waals surface area (Å²) >= 11 is 0. The van der Waals surface area contributed by atoms with Crippen molar-refractivity contribution in [3.05, 3.63) is 357 Å². The fourth-order valence-corrected chi connectivity index (χ4v) is 16.5. The monoisotopic (exact) mass is 1260 g/mol. The molecule has 0 saturated heterocycles. The van der Waals surface area contributed by atoms with Gasteiger partial charge in [-0.3, -0.25) is 0 Å². The number of rotatable bonds is 10. The maximum atomic E-state index is 2.73. The van der Waals surface area contributed by atoms with Gasteiger partial charge in [0, 0.05) is 77.9 Å². The summed E-state index contributed by atoms with van der Waals surface area (Å²) in [6.45, 7) is 6.82. The molecule has 0 aliphatic carbocycles. The molecule has 0 spiro atoms. The molecule has 15 aromatic carbocycles. The summed E-state index contributed by atoms with van der Waals surface area (Å²) in [5, 5.41) is 4.86. The van der Waals surface area contributed by atoms with Crippen LogP contribution in [-0.4, -0.2) is 15.8 Å². The van der Waals surface area contributed by atoms with Gasteiger partial charge in [-0.2, -0.15) is 0 Å². The van der Waals surface area contributed by atoms with Crippen molar-refractivity contribution in [3.8, 4) is 78.1 Å². The van der Waals surface area contributed by atoms with Gasteiger partial charge < -0.3 is 18.9 Å². The van der Waals surface area contributed by atoms with Crippen molar-refractivity contribution in [1.82, 2.24) is 9.13 Å². The Balaban J connectivity index is 1.06. The summed E-state index contributed by atoms with van der Waals surface area (Å²) in [7, 11) is 0. The van der Waals surface area contributed by atoms with Gasteiger partial charge in [0.25, 0.3) is 6.71 Å². The predicted molar refractivity (Wildman–Crippen MR) is 420 cm³/mol. The molecule has 4 nitrogen and oxygen atoms in total. The van der Waals surface area contributed by atoms with Gasteiger partial charge in [0.1, 0.15) is 0 Å². The molecule has 5 heteroatoms. The van der Waals surface area contributed by atoms with Crippen LogP contribution in [0, 0.1) is 0 Å². The summed E-state index contributed by atoms with van der Waals surface area (Å²) in [5.74, 6) is 0. The number of nitrogens with zero attached hydrogens (tertiary/aromatic N) is 4. The van der Waals surface area contributed by atoms with Crippen molar-refractivity contribution >= 4 is 101 Å². The lowest BCUT2D eigenvalue weighted by Gasteiger charge is -2.47. The van der Waals surface area contributed by atoms with E-state index in [9.17, 15) is 0 Å². The first-order valence-electron chi connectivity index (χ1n) is 34.5. The van der Waals surface area contributed by atoms with Crippen molar-refractivity contribution in [3.63, 3.8) is 0 Å². The number of aromatic nitrogens is 2. The molecule has 0 fully saturated rings. The van der Waals surface area contributed by atoms with E-state index < -0.39 is 0 Å². The number of fused-ring (bicyclic) bond motifs is 10. The SMILES string of the molecule is CC(C)(C)c1cc2c3c(c1)N(c1c(-c4ccccc4)cccc1-c1ccccc1)c1cc(-n4c5ccccc5c5ccccc54)cc(-c4ccccc4)c1B3c1c(-c3ccccc3)cc(-n3c4ccccc4c4ccccc43)cc1N2c1c(-c2ccccc2)cccc1-c1ccccc1. The van der Waals surface area contributed by atoms with Crippen molar-refractivity contribution < 1.29 is 0 Å². The van der Waals surface area contributed by atoms with Crippen LogP contribution in [0.25, 0.3) is 122 Å². The Bertz CT molecular complexity index is 5430. The van der Waals surface area contributed by atoms with Crippen molar-refractivity contribution in [2.24, 2.45) is 0 Å². The van der Waals surface area contributed by atoms with E-state index in [0.717, 1.165) is 134 Å². The average Bonchev–Trinajstić information content (AvgIpc) is 1.06. The van der Waals surface area contributed by atoms with E-state index in [1.165, 1.54) is 43.5 Å². The second-order valence-electron chi connectivity index (χ2n) is 27.5. The fraction of sp³-hybridized carbons (Fsp3) is 0.0426. The highest BCUT2D eigenvalue weighted by atomic mass is 15.2. The van der Waals surface area contributed by atoms with E-state index >= 15 is 0 Å². The normalized spacial score (nSPS) is 12.5. The van der Waals surface area contributed by atoms with E-state index in [0.29, 0.717) is 0 Å². The predicted octanol–water partition coefficient (Wildman–Crippen LogP) is 23.3. The summed E-state index contributed by atoms with van der Waals surface area (Å²) in [5.41, 5.74) is 31.7. The Morgan fingerprint density at radius 3 is 0.768 bits per heavy atom. The van der Waals surface area contributed by atoms with Crippen LogP contribution < -0.4 is 26.2 Å². The molecule has 0 saturated carbocycles. The Hall–Kier alpha value is -12.4. The summed E-state index contributed by atoms with van der Waals surface area (Å²) in [6.07, 6.45) is 0. The number of hydrogen-bond acceptors (Lipinski definition) is 2. The Morgan fingerprint density at radius 2 is 0.485 bits per heavy atom. The molecule has 2 aliphatic rings.